The van der Waals surface area contributed by atoms with Gasteiger partial charge in [-0.2, -0.15) is 10.2 Å². The zero-order chi connectivity index (χ0) is 22.5. The Labute approximate surface area is 191 Å². The Bertz CT molecular complexity index is 1570. The minimum absolute atomic E-state index is 0.198. The highest BCUT2D eigenvalue weighted by Gasteiger charge is 2.19. The maximum Gasteiger partial charge on any atom is 0.261 e. The summed E-state index contributed by atoms with van der Waals surface area (Å²) in [4.78, 5) is 37.0. The van der Waals surface area contributed by atoms with Gasteiger partial charge in [-0.3, -0.25) is 19.3 Å². The first kappa shape index (κ1) is 20.1. The molecule has 0 atom stereocenters. The highest BCUT2D eigenvalue weighted by Crippen LogP contribution is 2.32. The summed E-state index contributed by atoms with van der Waals surface area (Å²) in [6.45, 7) is 3.62. The SMILES string of the molecule is Cn1cc(-c2cn3nc4c5ncc(C(=O)NCCN6CCCC6)cc5[nH]c(=O)c4c3s2)cn1. The van der Waals surface area contributed by atoms with Crippen LogP contribution in [0.2, 0.25) is 0 Å². The molecule has 1 saturated heterocycles. The van der Waals surface area contributed by atoms with Crippen LogP contribution in [-0.4, -0.2) is 66.3 Å². The molecular weight excluding hydrogens is 440 g/mol. The second kappa shape index (κ2) is 7.78. The van der Waals surface area contributed by atoms with Crippen LogP contribution < -0.4 is 10.9 Å². The standard InChI is InChI=1S/C22H22N8O2S/c1-28-11-14(10-25-28)16-12-30-22(33-16)17-19(27-30)18-15(26-21(17)32)8-13(9-24-18)20(31)23-4-7-29-5-2-3-6-29/h8-12H,2-7H2,1H3,(H,23,31)(H,26,32). The number of nitrogens with zero attached hydrogens (tertiary/aromatic N) is 6. The molecule has 33 heavy (non-hydrogen) atoms. The number of thiazole rings is 1. The van der Waals surface area contributed by atoms with Gasteiger partial charge in [0, 0.05) is 44.3 Å². The summed E-state index contributed by atoms with van der Waals surface area (Å²) in [6.07, 6.45) is 9.59. The van der Waals surface area contributed by atoms with Crippen molar-refractivity contribution < 1.29 is 4.79 Å². The molecule has 1 amide bonds. The lowest BCUT2D eigenvalue weighted by Gasteiger charge is -2.14. The number of hydrogen-bond acceptors (Lipinski definition) is 7. The van der Waals surface area contributed by atoms with Crippen molar-refractivity contribution in [2.75, 3.05) is 26.2 Å². The van der Waals surface area contributed by atoms with Gasteiger partial charge in [0.05, 0.1) is 22.2 Å². The molecule has 0 aromatic carbocycles. The highest BCUT2D eigenvalue weighted by atomic mass is 32.1. The van der Waals surface area contributed by atoms with E-state index in [-0.39, 0.29) is 11.5 Å². The van der Waals surface area contributed by atoms with E-state index in [1.807, 2.05) is 19.4 Å². The summed E-state index contributed by atoms with van der Waals surface area (Å²) in [5.41, 5.74) is 2.73. The molecule has 6 rings (SSSR count). The van der Waals surface area contributed by atoms with Gasteiger partial charge in [0.15, 0.2) is 0 Å². The molecule has 5 aromatic heterocycles. The fourth-order valence-electron chi connectivity index (χ4n) is 4.39. The van der Waals surface area contributed by atoms with E-state index in [9.17, 15) is 9.59 Å². The molecule has 0 bridgehead atoms. The lowest BCUT2D eigenvalue weighted by atomic mass is 10.2. The van der Waals surface area contributed by atoms with E-state index in [1.54, 1.807) is 27.7 Å². The Balaban J connectivity index is 1.32. The fourth-order valence-corrected chi connectivity index (χ4v) is 5.45. The largest absolute Gasteiger partial charge is 0.351 e. The van der Waals surface area contributed by atoms with Gasteiger partial charge in [0.2, 0.25) is 0 Å². The van der Waals surface area contributed by atoms with Crippen molar-refractivity contribution in [3.05, 3.63) is 46.8 Å². The van der Waals surface area contributed by atoms with Gasteiger partial charge in [-0.05, 0) is 32.0 Å². The molecule has 5 aromatic rings. The van der Waals surface area contributed by atoms with E-state index >= 15 is 0 Å². The quantitative estimate of drug-likeness (QED) is 0.413. The number of pyridine rings is 2. The second-order valence-corrected chi connectivity index (χ2v) is 9.38. The molecule has 0 aliphatic carbocycles. The third-order valence-electron chi connectivity index (χ3n) is 6.06. The molecule has 168 valence electrons. The lowest BCUT2D eigenvalue weighted by Crippen LogP contribution is -2.33. The van der Waals surface area contributed by atoms with Crippen LogP contribution in [0.3, 0.4) is 0 Å². The third-order valence-corrected chi connectivity index (χ3v) is 7.21. The number of hydrogen-bond donors (Lipinski definition) is 2. The van der Waals surface area contributed by atoms with Crippen molar-refractivity contribution in [1.82, 2.24) is 39.6 Å². The minimum atomic E-state index is -0.250. The molecule has 6 heterocycles. The molecular formula is C22H22N8O2S. The molecule has 1 fully saturated rings. The van der Waals surface area contributed by atoms with Crippen LogP contribution in [0.4, 0.5) is 0 Å². The summed E-state index contributed by atoms with van der Waals surface area (Å²) < 4.78 is 3.45. The van der Waals surface area contributed by atoms with Crippen molar-refractivity contribution in [2.45, 2.75) is 12.8 Å². The number of carbonyl (C=O) groups excluding carboxylic acids is 1. The number of likely N-dealkylation sites (tertiary alicyclic amines) is 1. The minimum Gasteiger partial charge on any atom is -0.351 e. The Hall–Kier alpha value is -3.57. The lowest BCUT2D eigenvalue weighted by molar-refractivity contribution is 0.0949. The van der Waals surface area contributed by atoms with Gasteiger partial charge in [-0.1, -0.05) is 0 Å². The number of rotatable bonds is 5. The molecule has 0 saturated carbocycles. The van der Waals surface area contributed by atoms with E-state index < -0.39 is 0 Å². The van der Waals surface area contributed by atoms with Gasteiger partial charge in [-0.15, -0.1) is 11.3 Å². The predicted molar refractivity (Wildman–Crippen MR) is 127 cm³/mol. The number of nitrogens with one attached hydrogen (secondary N) is 2. The van der Waals surface area contributed by atoms with Crippen LogP contribution in [0.25, 0.3) is 37.2 Å². The predicted octanol–water partition coefficient (Wildman–Crippen LogP) is 2.01. The molecule has 11 heteroatoms. The van der Waals surface area contributed by atoms with E-state index in [4.69, 9.17) is 0 Å². The van der Waals surface area contributed by atoms with Crippen LogP contribution in [-0.2, 0) is 7.05 Å². The van der Waals surface area contributed by atoms with E-state index in [2.05, 4.69) is 30.4 Å². The first-order chi connectivity index (χ1) is 16.1. The summed E-state index contributed by atoms with van der Waals surface area (Å²) >= 11 is 1.48. The number of carbonyl (C=O) groups is 1. The Kier molecular flexibility index (Phi) is 4.73. The summed E-state index contributed by atoms with van der Waals surface area (Å²) in [5, 5.41) is 12.3. The van der Waals surface area contributed by atoms with Crippen LogP contribution in [0.1, 0.15) is 23.2 Å². The van der Waals surface area contributed by atoms with Crippen molar-refractivity contribution in [2.24, 2.45) is 7.05 Å². The van der Waals surface area contributed by atoms with E-state index in [0.29, 0.717) is 34.0 Å². The Morgan fingerprint density at radius 2 is 2.06 bits per heavy atom. The molecule has 0 unspecified atom stereocenters. The third kappa shape index (κ3) is 3.49. The molecule has 10 nitrogen and oxygen atoms in total. The molecule has 0 radical (unpaired) electrons. The van der Waals surface area contributed by atoms with Crippen molar-refractivity contribution in [1.29, 1.82) is 0 Å². The zero-order valence-electron chi connectivity index (χ0n) is 18.0. The van der Waals surface area contributed by atoms with Gasteiger partial charge in [0.1, 0.15) is 21.3 Å². The summed E-state index contributed by atoms with van der Waals surface area (Å²) in [6, 6.07) is 1.67. The maximum atomic E-state index is 13.0. The van der Waals surface area contributed by atoms with Gasteiger partial charge in [0.25, 0.3) is 11.5 Å². The van der Waals surface area contributed by atoms with Crippen molar-refractivity contribution in [3.8, 4) is 10.4 Å². The van der Waals surface area contributed by atoms with Crippen molar-refractivity contribution >= 4 is 44.0 Å². The fraction of sp³-hybridized carbons (Fsp3) is 0.318. The topological polar surface area (TPSA) is 113 Å². The number of aromatic nitrogens is 6. The first-order valence-corrected chi connectivity index (χ1v) is 11.7. The summed E-state index contributed by atoms with van der Waals surface area (Å²) in [7, 11) is 1.86. The Morgan fingerprint density at radius 1 is 1.21 bits per heavy atom. The number of aromatic amines is 1. The highest BCUT2D eigenvalue weighted by molar-refractivity contribution is 7.21. The van der Waals surface area contributed by atoms with E-state index in [0.717, 1.165) is 34.9 Å². The number of aryl methyl sites for hydroxylation is 1. The molecule has 1 aliphatic rings. The van der Waals surface area contributed by atoms with Gasteiger partial charge < -0.3 is 15.2 Å². The maximum absolute atomic E-state index is 13.0. The first-order valence-electron chi connectivity index (χ1n) is 10.9. The van der Waals surface area contributed by atoms with Gasteiger partial charge in [-0.25, -0.2) is 4.52 Å². The van der Waals surface area contributed by atoms with Crippen LogP contribution >= 0.6 is 11.3 Å². The average molecular weight is 463 g/mol. The van der Waals surface area contributed by atoms with Crippen LogP contribution in [0.15, 0.2) is 35.6 Å². The van der Waals surface area contributed by atoms with Crippen LogP contribution in [0, 0.1) is 0 Å². The number of fused-ring (bicyclic) bond motifs is 5. The zero-order valence-corrected chi connectivity index (χ0v) is 18.9. The normalized spacial score (nSPS) is 14.7. The van der Waals surface area contributed by atoms with Crippen LogP contribution in [0.5, 0.6) is 0 Å². The monoisotopic (exact) mass is 462 g/mol. The van der Waals surface area contributed by atoms with E-state index in [1.165, 1.54) is 24.2 Å². The molecule has 0 spiro atoms. The van der Waals surface area contributed by atoms with Crippen molar-refractivity contribution in [3.63, 3.8) is 0 Å². The Morgan fingerprint density at radius 3 is 2.85 bits per heavy atom. The van der Waals surface area contributed by atoms with Gasteiger partial charge >= 0.3 is 0 Å². The number of amides is 1. The smallest absolute Gasteiger partial charge is 0.261 e. The number of H-pyrrole nitrogens is 1. The second-order valence-electron chi connectivity index (χ2n) is 8.35. The average Bonchev–Trinajstić information content (AvgIpc) is 3.57. The summed E-state index contributed by atoms with van der Waals surface area (Å²) in [5.74, 6) is -0.198. The molecule has 2 N–H and O–H groups in total. The molecule has 1 aliphatic heterocycles.